The predicted octanol–water partition coefficient (Wildman–Crippen LogP) is 3.39. The lowest BCUT2D eigenvalue weighted by Gasteiger charge is -2.30. The molecule has 1 aliphatic rings. The second-order valence-electron chi connectivity index (χ2n) is 5.84. The fourth-order valence-electron chi connectivity index (χ4n) is 3.02. The van der Waals surface area contributed by atoms with E-state index in [-0.39, 0.29) is 18.1 Å². The van der Waals surface area contributed by atoms with Crippen molar-refractivity contribution in [3.8, 4) is 0 Å². The van der Waals surface area contributed by atoms with Gasteiger partial charge in [0.25, 0.3) is 0 Å². The molecule has 0 aliphatic carbocycles. The van der Waals surface area contributed by atoms with Crippen LogP contribution >= 0.6 is 0 Å². The van der Waals surface area contributed by atoms with Crippen molar-refractivity contribution < 1.29 is 9.53 Å². The number of carbonyl (C=O) groups excluding carboxylic acids is 1. The van der Waals surface area contributed by atoms with Crippen molar-refractivity contribution >= 4 is 5.97 Å². The Morgan fingerprint density at radius 2 is 1.45 bits per heavy atom. The lowest BCUT2D eigenvalue weighted by atomic mass is 10.1. The van der Waals surface area contributed by atoms with Gasteiger partial charge >= 0.3 is 5.97 Å². The molecule has 1 fully saturated rings. The molecule has 1 heterocycles. The third kappa shape index (κ3) is 3.55. The number of ether oxygens (including phenoxy) is 1. The zero-order chi connectivity index (χ0) is 15.4. The number of hydrogen-bond acceptors (Lipinski definition) is 3. The van der Waals surface area contributed by atoms with Gasteiger partial charge in [0.05, 0.1) is 12.5 Å². The van der Waals surface area contributed by atoms with E-state index in [4.69, 9.17) is 4.74 Å². The molecule has 0 N–H and O–H groups in total. The van der Waals surface area contributed by atoms with Gasteiger partial charge in [-0.1, -0.05) is 60.7 Å². The third-order valence-corrected chi connectivity index (χ3v) is 4.16. The summed E-state index contributed by atoms with van der Waals surface area (Å²) >= 11 is 0. The second-order valence-corrected chi connectivity index (χ2v) is 5.84. The number of nitrogens with zero attached hydrogens (tertiary/aromatic N) is 1. The highest BCUT2D eigenvalue weighted by Crippen LogP contribution is 2.24. The van der Waals surface area contributed by atoms with Gasteiger partial charge in [0.1, 0.15) is 6.10 Å². The van der Waals surface area contributed by atoms with Crippen LogP contribution in [0.15, 0.2) is 60.7 Å². The van der Waals surface area contributed by atoms with E-state index < -0.39 is 0 Å². The van der Waals surface area contributed by atoms with Gasteiger partial charge in [0, 0.05) is 13.1 Å². The predicted molar refractivity (Wildman–Crippen MR) is 86.1 cm³/mol. The largest absolute Gasteiger partial charge is 0.461 e. The van der Waals surface area contributed by atoms with E-state index in [1.165, 1.54) is 11.1 Å². The Morgan fingerprint density at radius 3 is 1.86 bits per heavy atom. The monoisotopic (exact) mass is 295 g/mol. The van der Waals surface area contributed by atoms with E-state index >= 15 is 0 Å². The molecule has 0 unspecified atom stereocenters. The minimum Gasteiger partial charge on any atom is -0.461 e. The van der Waals surface area contributed by atoms with E-state index in [1.54, 1.807) is 0 Å². The Morgan fingerprint density at radius 1 is 0.955 bits per heavy atom. The van der Waals surface area contributed by atoms with Crippen molar-refractivity contribution in [1.82, 2.24) is 4.90 Å². The van der Waals surface area contributed by atoms with Crippen molar-refractivity contribution in [3.63, 3.8) is 0 Å². The second kappa shape index (κ2) is 6.75. The molecule has 0 amide bonds. The van der Waals surface area contributed by atoms with Crippen LogP contribution in [0.1, 0.15) is 24.5 Å². The summed E-state index contributed by atoms with van der Waals surface area (Å²) in [5, 5.41) is 0. The molecule has 2 atom stereocenters. The smallest absolute Gasteiger partial charge is 0.307 e. The first-order valence-corrected chi connectivity index (χ1v) is 7.74. The van der Waals surface area contributed by atoms with E-state index in [2.05, 4.69) is 53.4 Å². The van der Waals surface area contributed by atoms with Gasteiger partial charge in [-0.15, -0.1) is 0 Å². The van der Waals surface area contributed by atoms with Crippen LogP contribution in [0, 0.1) is 0 Å². The minimum absolute atomic E-state index is 0.0556. The molecule has 0 radical (unpaired) electrons. The van der Waals surface area contributed by atoms with E-state index in [1.807, 2.05) is 19.1 Å². The number of hydrogen-bond donors (Lipinski definition) is 0. The maximum Gasteiger partial charge on any atom is 0.307 e. The molecule has 0 aromatic heterocycles. The van der Waals surface area contributed by atoms with Crippen LogP contribution < -0.4 is 0 Å². The third-order valence-electron chi connectivity index (χ3n) is 4.16. The van der Waals surface area contributed by atoms with Crippen LogP contribution in [0.5, 0.6) is 0 Å². The van der Waals surface area contributed by atoms with Crippen LogP contribution in [0.4, 0.5) is 0 Å². The average Bonchev–Trinajstić information content (AvgIpc) is 2.87. The van der Waals surface area contributed by atoms with Gasteiger partial charge in [-0.3, -0.25) is 9.69 Å². The van der Waals surface area contributed by atoms with Crippen molar-refractivity contribution in [2.24, 2.45) is 0 Å². The Labute approximate surface area is 131 Å². The summed E-state index contributed by atoms with van der Waals surface area (Å²) in [4.78, 5) is 14.0. The van der Waals surface area contributed by atoms with Crippen LogP contribution in [-0.4, -0.2) is 23.0 Å². The molecule has 0 bridgehead atoms. The van der Waals surface area contributed by atoms with Crippen molar-refractivity contribution in [3.05, 3.63) is 71.8 Å². The van der Waals surface area contributed by atoms with Gasteiger partial charge in [-0.05, 0) is 18.1 Å². The SMILES string of the molecule is C[C@@H]1OC(=O)C[C@H]1N(Cc1ccccc1)Cc1ccccc1. The van der Waals surface area contributed by atoms with Crippen molar-refractivity contribution in [2.45, 2.75) is 38.6 Å². The molecule has 0 spiro atoms. The fourth-order valence-corrected chi connectivity index (χ4v) is 3.02. The first kappa shape index (κ1) is 14.8. The number of cyclic esters (lactones) is 1. The molecular formula is C19H21NO2. The molecule has 22 heavy (non-hydrogen) atoms. The van der Waals surface area contributed by atoms with Gasteiger partial charge in [-0.2, -0.15) is 0 Å². The summed E-state index contributed by atoms with van der Waals surface area (Å²) in [5.41, 5.74) is 2.51. The Hall–Kier alpha value is -2.13. The zero-order valence-electron chi connectivity index (χ0n) is 12.8. The van der Waals surface area contributed by atoms with Gasteiger partial charge in [-0.25, -0.2) is 0 Å². The minimum atomic E-state index is -0.0939. The van der Waals surface area contributed by atoms with Gasteiger partial charge in [0.2, 0.25) is 0 Å². The highest BCUT2D eigenvalue weighted by molar-refractivity contribution is 5.72. The van der Waals surface area contributed by atoms with Gasteiger partial charge in [0.15, 0.2) is 0 Å². The van der Waals surface area contributed by atoms with Crippen LogP contribution in [-0.2, 0) is 22.6 Å². The molecule has 2 aromatic carbocycles. The summed E-state index contributed by atoms with van der Waals surface area (Å²) in [7, 11) is 0. The summed E-state index contributed by atoms with van der Waals surface area (Å²) < 4.78 is 5.35. The lowest BCUT2D eigenvalue weighted by molar-refractivity contribution is -0.140. The average molecular weight is 295 g/mol. The Balaban J connectivity index is 1.80. The standard InChI is InChI=1S/C19H21NO2/c1-15-18(12-19(21)22-15)20(13-16-8-4-2-5-9-16)14-17-10-6-3-7-11-17/h2-11,15,18H,12-14H2,1H3/t15-,18+/m0/s1. The first-order valence-electron chi connectivity index (χ1n) is 7.74. The Kier molecular flexibility index (Phi) is 4.54. The highest BCUT2D eigenvalue weighted by atomic mass is 16.6. The van der Waals surface area contributed by atoms with Crippen molar-refractivity contribution in [1.29, 1.82) is 0 Å². The molecule has 1 aliphatic heterocycles. The van der Waals surface area contributed by atoms with E-state index in [0.29, 0.717) is 6.42 Å². The van der Waals surface area contributed by atoms with Crippen LogP contribution in [0.3, 0.4) is 0 Å². The van der Waals surface area contributed by atoms with Crippen LogP contribution in [0.25, 0.3) is 0 Å². The maximum absolute atomic E-state index is 11.6. The summed E-state index contributed by atoms with van der Waals surface area (Å²) in [6.45, 7) is 3.63. The molecule has 3 nitrogen and oxygen atoms in total. The normalized spacial score (nSPS) is 21.1. The molecule has 1 saturated heterocycles. The van der Waals surface area contributed by atoms with E-state index in [9.17, 15) is 4.79 Å². The highest BCUT2D eigenvalue weighted by Gasteiger charge is 2.35. The fraction of sp³-hybridized carbons (Fsp3) is 0.316. The zero-order valence-corrected chi connectivity index (χ0v) is 12.8. The molecule has 2 aromatic rings. The van der Waals surface area contributed by atoms with Crippen molar-refractivity contribution in [2.75, 3.05) is 0 Å². The summed E-state index contributed by atoms with van der Waals surface area (Å²) in [6, 6.07) is 20.9. The first-order chi connectivity index (χ1) is 10.7. The van der Waals surface area contributed by atoms with Gasteiger partial charge < -0.3 is 4.74 Å². The number of benzene rings is 2. The maximum atomic E-state index is 11.6. The summed E-state index contributed by atoms with van der Waals surface area (Å²) in [6.07, 6.45) is 0.417. The summed E-state index contributed by atoms with van der Waals surface area (Å²) in [5.74, 6) is -0.0939. The Bertz CT molecular complexity index is 570. The molecular weight excluding hydrogens is 274 g/mol. The van der Waals surface area contributed by atoms with E-state index in [0.717, 1.165) is 13.1 Å². The molecule has 3 heteroatoms. The topological polar surface area (TPSA) is 29.5 Å². The quantitative estimate of drug-likeness (QED) is 0.792. The van der Waals surface area contributed by atoms with Crippen LogP contribution in [0.2, 0.25) is 0 Å². The lowest BCUT2D eigenvalue weighted by Crippen LogP contribution is -2.38. The molecule has 114 valence electrons. The molecule has 3 rings (SSSR count). The molecule has 0 saturated carbocycles. The number of rotatable bonds is 5. The number of esters is 1. The number of carbonyl (C=O) groups is 1.